The molecule has 1 aromatic heterocycles. The highest BCUT2D eigenvalue weighted by Crippen LogP contribution is 2.31. The van der Waals surface area contributed by atoms with Gasteiger partial charge in [0.2, 0.25) is 0 Å². The second-order valence-electron chi connectivity index (χ2n) is 3.83. The molecule has 6 heteroatoms. The molecule has 0 aliphatic heterocycles. The molecule has 3 nitrogen and oxygen atoms in total. The van der Waals surface area contributed by atoms with Crippen molar-refractivity contribution in [3.05, 3.63) is 0 Å². The molecular weight excluding hydrogens is 270 g/mol. The van der Waals surface area contributed by atoms with Gasteiger partial charge in [-0.1, -0.05) is 55.6 Å². The van der Waals surface area contributed by atoms with Gasteiger partial charge in [0.25, 0.3) is 0 Å². The Morgan fingerprint density at radius 3 is 2.53 bits per heavy atom. The Hall–Kier alpha value is 0.220. The van der Waals surface area contributed by atoms with Crippen LogP contribution in [0.4, 0.5) is 0 Å². The van der Waals surface area contributed by atoms with E-state index in [1.807, 2.05) is 18.0 Å². The first kappa shape index (κ1) is 15.3. The Kier molecular flexibility index (Phi) is 7.50. The second kappa shape index (κ2) is 8.34. The maximum absolute atomic E-state index is 4.21. The van der Waals surface area contributed by atoms with E-state index >= 15 is 0 Å². The lowest BCUT2D eigenvalue weighted by atomic mass is 10.1. The van der Waals surface area contributed by atoms with E-state index in [4.69, 9.17) is 0 Å². The highest BCUT2D eigenvalue weighted by atomic mass is 32.2. The molecule has 1 aromatic rings. The van der Waals surface area contributed by atoms with Gasteiger partial charge in [-0.2, -0.15) is 0 Å². The van der Waals surface area contributed by atoms with Crippen molar-refractivity contribution in [2.75, 3.05) is 12.8 Å². The van der Waals surface area contributed by atoms with E-state index < -0.39 is 0 Å². The summed E-state index contributed by atoms with van der Waals surface area (Å²) in [7, 11) is 0. The molecule has 1 N–H and O–H groups in total. The smallest absolute Gasteiger partial charge is 0.175 e. The van der Waals surface area contributed by atoms with Gasteiger partial charge in [-0.15, -0.1) is 10.2 Å². The fourth-order valence-electron chi connectivity index (χ4n) is 1.54. The standard InChI is InChI=1S/C11H21N3S3/c1-5-7-12-9(6-2)8(3)16-11-14-13-10(15-4)17-11/h8-9,12H,5-7H2,1-4H3. The Bertz CT molecular complexity index is 317. The van der Waals surface area contributed by atoms with Gasteiger partial charge < -0.3 is 5.32 Å². The summed E-state index contributed by atoms with van der Waals surface area (Å²) in [5.74, 6) is 0. The maximum atomic E-state index is 4.21. The van der Waals surface area contributed by atoms with Gasteiger partial charge in [0.1, 0.15) is 0 Å². The summed E-state index contributed by atoms with van der Waals surface area (Å²) < 4.78 is 2.13. The quantitative estimate of drug-likeness (QED) is 0.742. The van der Waals surface area contributed by atoms with E-state index in [0.29, 0.717) is 11.3 Å². The van der Waals surface area contributed by atoms with Crippen molar-refractivity contribution in [2.45, 2.75) is 53.6 Å². The molecular formula is C11H21N3S3. The summed E-state index contributed by atoms with van der Waals surface area (Å²) in [5.41, 5.74) is 0. The summed E-state index contributed by atoms with van der Waals surface area (Å²) in [6, 6.07) is 0.557. The highest BCUT2D eigenvalue weighted by Gasteiger charge is 2.17. The molecule has 0 saturated carbocycles. The van der Waals surface area contributed by atoms with Gasteiger partial charge in [-0.25, -0.2) is 0 Å². The Balaban J connectivity index is 2.47. The zero-order valence-electron chi connectivity index (χ0n) is 10.9. The van der Waals surface area contributed by atoms with Gasteiger partial charge in [-0.05, 0) is 25.6 Å². The molecule has 0 saturated heterocycles. The number of nitrogens with zero attached hydrogens (tertiary/aromatic N) is 2. The average Bonchev–Trinajstić information content (AvgIpc) is 2.77. The minimum atomic E-state index is 0.536. The molecule has 0 radical (unpaired) electrons. The molecule has 17 heavy (non-hydrogen) atoms. The van der Waals surface area contributed by atoms with E-state index in [-0.39, 0.29) is 0 Å². The fourth-order valence-corrected chi connectivity index (χ4v) is 4.45. The van der Waals surface area contributed by atoms with E-state index in [0.717, 1.165) is 21.6 Å². The third-order valence-corrected chi connectivity index (χ3v) is 5.73. The van der Waals surface area contributed by atoms with Crippen LogP contribution in [0, 0.1) is 0 Å². The lowest BCUT2D eigenvalue weighted by Gasteiger charge is -2.22. The number of nitrogens with one attached hydrogen (secondary N) is 1. The van der Waals surface area contributed by atoms with Crippen molar-refractivity contribution in [3.63, 3.8) is 0 Å². The highest BCUT2D eigenvalue weighted by molar-refractivity contribution is 8.03. The molecule has 1 rings (SSSR count). The molecule has 0 aromatic carbocycles. The Morgan fingerprint density at radius 2 is 2.00 bits per heavy atom. The van der Waals surface area contributed by atoms with Gasteiger partial charge in [0, 0.05) is 11.3 Å². The molecule has 98 valence electrons. The van der Waals surface area contributed by atoms with E-state index in [1.54, 1.807) is 23.1 Å². The maximum Gasteiger partial charge on any atom is 0.175 e. The van der Waals surface area contributed by atoms with Crippen molar-refractivity contribution < 1.29 is 0 Å². The molecule has 2 atom stereocenters. The molecule has 1 heterocycles. The van der Waals surface area contributed by atoms with Crippen molar-refractivity contribution in [1.82, 2.24) is 15.5 Å². The minimum absolute atomic E-state index is 0.536. The van der Waals surface area contributed by atoms with Crippen LogP contribution >= 0.6 is 34.9 Å². The predicted octanol–water partition coefficient (Wildman–Crippen LogP) is 3.52. The number of aromatic nitrogens is 2. The van der Waals surface area contributed by atoms with Crippen molar-refractivity contribution >= 4 is 34.9 Å². The lowest BCUT2D eigenvalue weighted by molar-refractivity contribution is 0.493. The number of hydrogen-bond donors (Lipinski definition) is 1. The number of hydrogen-bond acceptors (Lipinski definition) is 6. The van der Waals surface area contributed by atoms with Crippen LogP contribution < -0.4 is 5.32 Å². The largest absolute Gasteiger partial charge is 0.313 e. The normalized spacial score (nSPS) is 14.8. The average molecular weight is 292 g/mol. The van der Waals surface area contributed by atoms with Gasteiger partial charge in [0.05, 0.1) is 0 Å². The summed E-state index contributed by atoms with van der Waals surface area (Å²) in [4.78, 5) is 0. The first-order valence-electron chi connectivity index (χ1n) is 5.98. The zero-order valence-corrected chi connectivity index (χ0v) is 13.3. The third-order valence-electron chi connectivity index (χ3n) is 2.51. The first-order chi connectivity index (χ1) is 8.21. The van der Waals surface area contributed by atoms with Gasteiger partial charge in [0.15, 0.2) is 8.68 Å². The molecule has 0 spiro atoms. The molecule has 0 aliphatic carbocycles. The second-order valence-corrected chi connectivity index (χ2v) is 7.49. The monoisotopic (exact) mass is 291 g/mol. The molecule has 0 bridgehead atoms. The number of rotatable bonds is 8. The van der Waals surface area contributed by atoms with Crippen LogP contribution in [0.5, 0.6) is 0 Å². The van der Waals surface area contributed by atoms with E-state index in [2.05, 4.69) is 36.3 Å². The van der Waals surface area contributed by atoms with Crippen LogP contribution in [0.3, 0.4) is 0 Å². The topological polar surface area (TPSA) is 37.8 Å². The Morgan fingerprint density at radius 1 is 1.29 bits per heavy atom. The fraction of sp³-hybridized carbons (Fsp3) is 0.818. The van der Waals surface area contributed by atoms with E-state index in [9.17, 15) is 0 Å². The first-order valence-corrected chi connectivity index (χ1v) is 8.90. The van der Waals surface area contributed by atoms with Gasteiger partial charge in [-0.3, -0.25) is 0 Å². The van der Waals surface area contributed by atoms with Crippen molar-refractivity contribution in [3.8, 4) is 0 Å². The van der Waals surface area contributed by atoms with E-state index in [1.165, 1.54) is 6.42 Å². The summed E-state index contributed by atoms with van der Waals surface area (Å²) >= 11 is 5.18. The van der Waals surface area contributed by atoms with Crippen molar-refractivity contribution in [2.24, 2.45) is 0 Å². The predicted molar refractivity (Wildman–Crippen MR) is 79.4 cm³/mol. The molecule has 0 amide bonds. The van der Waals surface area contributed by atoms with Crippen molar-refractivity contribution in [1.29, 1.82) is 0 Å². The molecule has 0 fully saturated rings. The zero-order chi connectivity index (χ0) is 12.7. The van der Waals surface area contributed by atoms with Crippen LogP contribution in [0.2, 0.25) is 0 Å². The van der Waals surface area contributed by atoms with Crippen LogP contribution in [0.1, 0.15) is 33.6 Å². The Labute approximate surface area is 117 Å². The summed E-state index contributed by atoms with van der Waals surface area (Å²) in [6.07, 6.45) is 4.38. The minimum Gasteiger partial charge on any atom is -0.313 e. The lowest BCUT2D eigenvalue weighted by Crippen LogP contribution is -2.36. The number of thioether (sulfide) groups is 2. The van der Waals surface area contributed by atoms with Gasteiger partial charge >= 0.3 is 0 Å². The third kappa shape index (κ3) is 5.16. The SMILES string of the molecule is CCCNC(CC)C(C)Sc1nnc(SC)s1. The van der Waals surface area contributed by atoms with Crippen LogP contribution in [0.15, 0.2) is 8.68 Å². The molecule has 0 aliphatic rings. The summed E-state index contributed by atoms with van der Waals surface area (Å²) in [6.45, 7) is 7.79. The molecule has 2 unspecified atom stereocenters. The summed E-state index contributed by atoms with van der Waals surface area (Å²) in [5, 5.41) is 12.5. The van der Waals surface area contributed by atoms with Crippen LogP contribution in [-0.2, 0) is 0 Å². The van der Waals surface area contributed by atoms with Crippen LogP contribution in [0.25, 0.3) is 0 Å². The van der Waals surface area contributed by atoms with Crippen LogP contribution in [-0.4, -0.2) is 34.3 Å².